The molecule has 0 fully saturated rings. The molecule has 4 N–H and O–H groups in total. The van der Waals surface area contributed by atoms with Gasteiger partial charge in [-0.3, -0.25) is 5.73 Å². The lowest BCUT2D eigenvalue weighted by Crippen LogP contribution is -2.33. The Labute approximate surface area is 134 Å². The molecule has 0 aliphatic carbocycles. The van der Waals surface area contributed by atoms with Crippen LogP contribution in [0.2, 0.25) is 5.02 Å². The number of hydrogen-bond acceptors (Lipinski definition) is 3. The molecule has 0 aromatic heterocycles. The Kier molecular flexibility index (Phi) is 6.22. The third-order valence-corrected chi connectivity index (χ3v) is 2.81. The van der Waals surface area contributed by atoms with E-state index in [1.807, 2.05) is 0 Å². The highest BCUT2D eigenvalue weighted by molar-refractivity contribution is 6.32. The second kappa shape index (κ2) is 7.51. The van der Waals surface area contributed by atoms with Crippen molar-refractivity contribution in [3.05, 3.63) is 40.3 Å². The second-order valence-electron chi connectivity index (χ2n) is 4.40. The van der Waals surface area contributed by atoms with Gasteiger partial charge in [-0.1, -0.05) is 11.6 Å². The number of nitrogens with two attached hydrogens (primary N) is 1. The maximum atomic E-state index is 13.7. The van der Waals surface area contributed by atoms with Gasteiger partial charge >= 0.3 is 12.2 Å². The number of rotatable bonds is 4. The number of ether oxygens (including phenoxy) is 1. The summed E-state index contributed by atoms with van der Waals surface area (Å²) in [4.78, 5) is 11.1. The maximum absolute atomic E-state index is 13.7. The van der Waals surface area contributed by atoms with Crippen molar-refractivity contribution in [1.82, 2.24) is 10.6 Å². The topological polar surface area (TPSA) is 76.4 Å². The fourth-order valence-corrected chi connectivity index (χ4v) is 1.79. The highest BCUT2D eigenvalue weighted by atomic mass is 35.5. The van der Waals surface area contributed by atoms with E-state index in [4.69, 9.17) is 22.1 Å². The van der Waals surface area contributed by atoms with Crippen molar-refractivity contribution in [2.24, 2.45) is 5.73 Å². The molecule has 1 aromatic rings. The molecule has 0 spiro atoms. The molecule has 0 aliphatic heterocycles. The van der Waals surface area contributed by atoms with Gasteiger partial charge in [-0.25, -0.2) is 9.18 Å². The van der Waals surface area contributed by atoms with E-state index in [0.29, 0.717) is 11.8 Å². The van der Waals surface area contributed by atoms with Crippen molar-refractivity contribution < 1.29 is 27.1 Å². The lowest BCUT2D eigenvalue weighted by atomic mass is 10.2. The predicted octanol–water partition coefficient (Wildman–Crippen LogP) is 2.99. The van der Waals surface area contributed by atoms with Crippen LogP contribution in [0.3, 0.4) is 0 Å². The minimum Gasteiger partial charge on any atom is -0.467 e. The zero-order chi connectivity index (χ0) is 17.8. The summed E-state index contributed by atoms with van der Waals surface area (Å²) in [6.45, 7) is 1.49. The summed E-state index contributed by atoms with van der Waals surface area (Å²) >= 11 is 5.61. The van der Waals surface area contributed by atoms with Crippen LogP contribution in [0.4, 0.5) is 22.4 Å². The number of allylic oxidation sites excluding steroid dienone is 1. The number of urea groups is 1. The van der Waals surface area contributed by atoms with Gasteiger partial charge in [-0.05, 0) is 25.1 Å². The molecular weight excluding hydrogens is 342 g/mol. The molecule has 0 radical (unpaired) electrons. The molecule has 0 saturated heterocycles. The summed E-state index contributed by atoms with van der Waals surface area (Å²) in [5.74, 6) is -1.92. The Morgan fingerprint density at radius 2 is 2.04 bits per heavy atom. The van der Waals surface area contributed by atoms with Crippen LogP contribution in [0, 0.1) is 5.82 Å². The molecule has 1 aromatic carbocycles. The second-order valence-corrected chi connectivity index (χ2v) is 4.81. The van der Waals surface area contributed by atoms with Crippen LogP contribution in [0.5, 0.6) is 5.75 Å². The van der Waals surface area contributed by atoms with Gasteiger partial charge in [-0.2, -0.15) is 13.2 Å². The number of amides is 2. The molecule has 0 aliphatic rings. The standard InChI is InChI=1S/C13H14ClF4N3O2/c1-6(21-12(22)20-2)3-10(19)23-11-8(14)4-7(5-9(11)15)13(16,17)18/h3-5,10H,19H2,1-2H3,(H2,20,21,22)/b6-3-. The van der Waals surface area contributed by atoms with Crippen molar-refractivity contribution >= 4 is 17.6 Å². The molecule has 2 amide bonds. The van der Waals surface area contributed by atoms with E-state index < -0.39 is 40.6 Å². The van der Waals surface area contributed by atoms with Crippen molar-refractivity contribution in [3.8, 4) is 5.75 Å². The van der Waals surface area contributed by atoms with Crippen LogP contribution >= 0.6 is 11.6 Å². The number of alkyl halides is 3. The van der Waals surface area contributed by atoms with Crippen LogP contribution < -0.4 is 21.1 Å². The van der Waals surface area contributed by atoms with E-state index >= 15 is 0 Å². The van der Waals surface area contributed by atoms with Gasteiger partial charge < -0.3 is 15.4 Å². The van der Waals surface area contributed by atoms with E-state index in [-0.39, 0.29) is 6.07 Å². The summed E-state index contributed by atoms with van der Waals surface area (Å²) in [5, 5.41) is 4.11. The fourth-order valence-electron chi connectivity index (χ4n) is 1.54. The average molecular weight is 356 g/mol. The molecule has 0 heterocycles. The Balaban J connectivity index is 2.93. The zero-order valence-corrected chi connectivity index (χ0v) is 12.8. The van der Waals surface area contributed by atoms with Gasteiger partial charge in [0.15, 0.2) is 17.8 Å². The van der Waals surface area contributed by atoms with Crippen molar-refractivity contribution in [3.63, 3.8) is 0 Å². The lowest BCUT2D eigenvalue weighted by Gasteiger charge is -2.16. The minimum atomic E-state index is -4.74. The molecule has 10 heteroatoms. The average Bonchev–Trinajstić information content (AvgIpc) is 2.41. The quantitative estimate of drug-likeness (QED) is 0.574. The summed E-state index contributed by atoms with van der Waals surface area (Å²) in [6, 6.07) is 0.281. The van der Waals surface area contributed by atoms with Crippen molar-refractivity contribution in [1.29, 1.82) is 0 Å². The molecular formula is C13H14ClF4N3O2. The molecule has 5 nitrogen and oxygen atoms in total. The highest BCUT2D eigenvalue weighted by Gasteiger charge is 2.32. The van der Waals surface area contributed by atoms with Gasteiger partial charge in [0.05, 0.1) is 10.6 Å². The molecule has 23 heavy (non-hydrogen) atoms. The number of carbonyl (C=O) groups is 1. The lowest BCUT2D eigenvalue weighted by molar-refractivity contribution is -0.137. The van der Waals surface area contributed by atoms with E-state index in [2.05, 4.69) is 10.6 Å². The van der Waals surface area contributed by atoms with Crippen LogP contribution in [0.15, 0.2) is 23.9 Å². The molecule has 1 unspecified atom stereocenters. The molecule has 1 rings (SSSR count). The van der Waals surface area contributed by atoms with Gasteiger partial charge in [-0.15, -0.1) is 0 Å². The molecule has 0 bridgehead atoms. The first kappa shape index (κ1) is 19.0. The summed E-state index contributed by atoms with van der Waals surface area (Å²) < 4.78 is 56.3. The largest absolute Gasteiger partial charge is 0.467 e. The number of carbonyl (C=O) groups excluding carboxylic acids is 1. The Morgan fingerprint density at radius 1 is 1.43 bits per heavy atom. The highest BCUT2D eigenvalue weighted by Crippen LogP contribution is 2.37. The van der Waals surface area contributed by atoms with Gasteiger partial charge in [0.25, 0.3) is 0 Å². The Bertz CT molecular complexity index is 597. The van der Waals surface area contributed by atoms with Gasteiger partial charge in [0.2, 0.25) is 0 Å². The van der Waals surface area contributed by atoms with E-state index in [1.165, 1.54) is 20.0 Å². The van der Waals surface area contributed by atoms with Gasteiger partial charge in [0.1, 0.15) is 0 Å². The van der Waals surface area contributed by atoms with Crippen LogP contribution in [0.25, 0.3) is 0 Å². The van der Waals surface area contributed by atoms with E-state index in [0.717, 1.165) is 0 Å². The summed E-state index contributed by atoms with van der Waals surface area (Å²) in [7, 11) is 1.40. The SMILES string of the molecule is CNC(=O)N/C(C)=C\C(N)Oc1c(F)cc(C(F)(F)F)cc1Cl. The van der Waals surface area contributed by atoms with Gasteiger partial charge in [0, 0.05) is 12.7 Å². The fraction of sp³-hybridized carbons (Fsp3) is 0.308. The minimum absolute atomic E-state index is 0.257. The van der Waals surface area contributed by atoms with E-state index in [9.17, 15) is 22.4 Å². The number of halogens is 5. The van der Waals surface area contributed by atoms with Crippen LogP contribution in [-0.4, -0.2) is 19.3 Å². The molecule has 1 atom stereocenters. The normalized spacial score (nSPS) is 13.5. The van der Waals surface area contributed by atoms with Crippen LogP contribution in [-0.2, 0) is 6.18 Å². The number of hydrogen-bond donors (Lipinski definition) is 3. The maximum Gasteiger partial charge on any atom is 0.416 e. The van der Waals surface area contributed by atoms with E-state index in [1.54, 1.807) is 0 Å². The number of nitrogens with one attached hydrogen (secondary N) is 2. The Morgan fingerprint density at radius 3 is 2.52 bits per heavy atom. The van der Waals surface area contributed by atoms with Crippen molar-refractivity contribution in [2.75, 3.05) is 7.05 Å². The summed E-state index contributed by atoms with van der Waals surface area (Å²) in [6.07, 6.45) is -4.75. The zero-order valence-electron chi connectivity index (χ0n) is 12.1. The monoisotopic (exact) mass is 355 g/mol. The molecule has 0 saturated carbocycles. The Hall–Kier alpha value is -2.00. The first-order valence-electron chi connectivity index (χ1n) is 6.20. The molecule has 128 valence electrons. The van der Waals surface area contributed by atoms with Crippen molar-refractivity contribution in [2.45, 2.75) is 19.3 Å². The first-order chi connectivity index (χ1) is 10.5. The third-order valence-electron chi connectivity index (χ3n) is 2.53. The first-order valence-corrected chi connectivity index (χ1v) is 6.58. The summed E-state index contributed by atoms with van der Waals surface area (Å²) in [5.41, 5.74) is 4.62. The smallest absolute Gasteiger partial charge is 0.416 e. The third kappa shape index (κ3) is 5.61. The number of benzene rings is 1. The van der Waals surface area contributed by atoms with Crippen LogP contribution in [0.1, 0.15) is 12.5 Å². The predicted molar refractivity (Wildman–Crippen MR) is 76.4 cm³/mol.